The van der Waals surface area contributed by atoms with Crippen molar-refractivity contribution in [3.05, 3.63) is 0 Å². The Bertz CT molecular complexity index is 580. The van der Waals surface area contributed by atoms with Crippen LogP contribution in [-0.2, 0) is 47.6 Å². The maximum absolute atomic E-state index is 12.6. The second-order valence-electron chi connectivity index (χ2n) is 6.15. The van der Waals surface area contributed by atoms with Crippen LogP contribution in [0.25, 0.3) is 0 Å². The van der Waals surface area contributed by atoms with E-state index in [1.165, 1.54) is 21.1 Å². The van der Waals surface area contributed by atoms with Crippen molar-refractivity contribution in [1.29, 1.82) is 0 Å². The van der Waals surface area contributed by atoms with E-state index >= 15 is 0 Å². The predicted octanol–water partition coefficient (Wildman–Crippen LogP) is -0.696. The van der Waals surface area contributed by atoms with E-state index in [9.17, 15) is 19.2 Å². The number of carbonyl (C=O) groups excluding carboxylic acids is 4. The van der Waals surface area contributed by atoms with Gasteiger partial charge in [-0.15, -0.1) is 0 Å². The Kier molecular flexibility index (Phi) is 9.29. The zero-order valence-corrected chi connectivity index (χ0v) is 16.8. The highest BCUT2D eigenvalue weighted by molar-refractivity contribution is 5.84. The zero-order chi connectivity index (χ0) is 21.4. The number of esters is 3. The van der Waals surface area contributed by atoms with Crippen LogP contribution in [0.5, 0.6) is 0 Å². The first-order valence-electron chi connectivity index (χ1n) is 8.59. The third-order valence-corrected chi connectivity index (χ3v) is 3.95. The molecule has 0 spiro atoms. The molecule has 1 fully saturated rings. The summed E-state index contributed by atoms with van der Waals surface area (Å²) in [6.45, 7) is 4.67. The van der Waals surface area contributed by atoms with Crippen molar-refractivity contribution in [3.63, 3.8) is 0 Å². The van der Waals surface area contributed by atoms with Gasteiger partial charge in [-0.2, -0.15) is 0 Å². The molecule has 0 bridgehead atoms. The standard InChI is InChI=1S/C17H27NO10/c1-8-13(14(28-11(4)21)15(23-5)17(24-6)26-8)18-16(22)12(27-10(3)20)7-25-9(2)19/h8,12-15,17H,7H2,1-6H3,(H,18,22)/t8-,12+,13-,14+,15+,17+/m1/s1. The van der Waals surface area contributed by atoms with E-state index in [0.29, 0.717) is 0 Å². The van der Waals surface area contributed by atoms with Gasteiger partial charge in [-0.05, 0) is 6.92 Å². The zero-order valence-electron chi connectivity index (χ0n) is 16.8. The van der Waals surface area contributed by atoms with Gasteiger partial charge in [0.05, 0.1) is 12.1 Å². The lowest BCUT2D eigenvalue weighted by Crippen LogP contribution is -2.65. The number of methoxy groups -OCH3 is 2. The molecule has 0 aromatic rings. The number of hydrogen-bond acceptors (Lipinski definition) is 10. The van der Waals surface area contributed by atoms with Crippen LogP contribution in [0.1, 0.15) is 27.7 Å². The van der Waals surface area contributed by atoms with Gasteiger partial charge < -0.3 is 33.7 Å². The SMILES string of the molecule is CO[C@H]1O[C@H](C)[C@@H](NC(=O)[C@H](COC(C)=O)OC(C)=O)[C@H](OC(C)=O)[C@@H]1OC. The van der Waals surface area contributed by atoms with E-state index in [1.54, 1.807) is 6.92 Å². The molecule has 6 atom stereocenters. The normalized spacial score (nSPS) is 28.0. The lowest BCUT2D eigenvalue weighted by atomic mass is 9.96. The summed E-state index contributed by atoms with van der Waals surface area (Å²) in [5.74, 6) is -2.71. The molecule has 0 aromatic carbocycles. The fourth-order valence-corrected chi connectivity index (χ4v) is 2.78. The number of amides is 1. The van der Waals surface area contributed by atoms with Crippen molar-refractivity contribution in [2.75, 3.05) is 20.8 Å². The average molecular weight is 405 g/mol. The molecule has 0 aromatic heterocycles. The topological polar surface area (TPSA) is 136 Å². The minimum Gasteiger partial charge on any atom is -0.461 e. The van der Waals surface area contributed by atoms with Gasteiger partial charge >= 0.3 is 17.9 Å². The molecular weight excluding hydrogens is 378 g/mol. The van der Waals surface area contributed by atoms with E-state index in [2.05, 4.69) is 5.32 Å². The van der Waals surface area contributed by atoms with Crippen molar-refractivity contribution in [3.8, 4) is 0 Å². The molecule has 0 unspecified atom stereocenters. The summed E-state index contributed by atoms with van der Waals surface area (Å²) in [6.07, 6.45) is -4.62. The third-order valence-electron chi connectivity index (χ3n) is 3.95. The molecule has 1 aliphatic heterocycles. The molecule has 1 saturated heterocycles. The number of rotatable bonds is 8. The average Bonchev–Trinajstić information content (AvgIpc) is 2.60. The van der Waals surface area contributed by atoms with Crippen LogP contribution in [0.15, 0.2) is 0 Å². The van der Waals surface area contributed by atoms with Crippen molar-refractivity contribution in [2.45, 2.75) is 64.4 Å². The van der Waals surface area contributed by atoms with Gasteiger partial charge in [-0.1, -0.05) is 0 Å². The van der Waals surface area contributed by atoms with Crippen LogP contribution in [0.3, 0.4) is 0 Å². The molecule has 1 rings (SSSR count). The Labute approximate surface area is 162 Å². The van der Waals surface area contributed by atoms with E-state index in [4.69, 9.17) is 28.4 Å². The number of nitrogens with one attached hydrogen (secondary N) is 1. The van der Waals surface area contributed by atoms with Gasteiger partial charge in [-0.25, -0.2) is 0 Å². The summed E-state index contributed by atoms with van der Waals surface area (Å²) >= 11 is 0. The molecule has 0 radical (unpaired) electrons. The maximum Gasteiger partial charge on any atom is 0.303 e. The Morgan fingerprint density at radius 1 is 0.964 bits per heavy atom. The second kappa shape index (κ2) is 10.9. The van der Waals surface area contributed by atoms with E-state index in [0.717, 1.165) is 13.8 Å². The van der Waals surface area contributed by atoms with Crippen LogP contribution < -0.4 is 5.32 Å². The predicted molar refractivity (Wildman–Crippen MR) is 91.8 cm³/mol. The summed E-state index contributed by atoms with van der Waals surface area (Å²) in [5.41, 5.74) is 0. The van der Waals surface area contributed by atoms with E-state index in [1.807, 2.05) is 0 Å². The minimum absolute atomic E-state index is 0.463. The quantitative estimate of drug-likeness (QED) is 0.408. The van der Waals surface area contributed by atoms with Crippen LogP contribution in [0.4, 0.5) is 0 Å². The first kappa shape index (κ1) is 23.8. The summed E-state index contributed by atoms with van der Waals surface area (Å²) in [6, 6.07) is -0.844. The van der Waals surface area contributed by atoms with Crippen molar-refractivity contribution < 1.29 is 47.6 Å². The Hall–Kier alpha value is -2.24. The first-order chi connectivity index (χ1) is 13.1. The maximum atomic E-state index is 12.6. The molecule has 28 heavy (non-hydrogen) atoms. The lowest BCUT2D eigenvalue weighted by molar-refractivity contribution is -0.273. The Morgan fingerprint density at radius 3 is 2.07 bits per heavy atom. The highest BCUT2D eigenvalue weighted by Crippen LogP contribution is 2.26. The largest absolute Gasteiger partial charge is 0.461 e. The van der Waals surface area contributed by atoms with Gasteiger partial charge in [0, 0.05) is 35.0 Å². The van der Waals surface area contributed by atoms with Gasteiger partial charge in [0.15, 0.2) is 12.4 Å². The van der Waals surface area contributed by atoms with E-state index in [-0.39, 0.29) is 0 Å². The fraction of sp³-hybridized carbons (Fsp3) is 0.765. The highest BCUT2D eigenvalue weighted by atomic mass is 16.7. The second-order valence-corrected chi connectivity index (χ2v) is 6.15. The Morgan fingerprint density at radius 2 is 1.61 bits per heavy atom. The Balaban J connectivity index is 3.03. The number of hydrogen-bond donors (Lipinski definition) is 1. The molecule has 1 N–H and O–H groups in total. The first-order valence-corrected chi connectivity index (χ1v) is 8.59. The molecule has 0 aliphatic carbocycles. The van der Waals surface area contributed by atoms with E-state index < -0.39 is 67.2 Å². The monoisotopic (exact) mass is 405 g/mol. The van der Waals surface area contributed by atoms with Gasteiger partial charge in [0.1, 0.15) is 12.7 Å². The summed E-state index contributed by atoms with van der Waals surface area (Å²) in [7, 11) is 2.79. The molecule has 0 saturated carbocycles. The van der Waals surface area contributed by atoms with Crippen molar-refractivity contribution >= 4 is 23.8 Å². The minimum atomic E-state index is -1.38. The molecule has 1 aliphatic rings. The number of carbonyl (C=O) groups is 4. The van der Waals surface area contributed by atoms with Gasteiger partial charge in [-0.3, -0.25) is 19.2 Å². The smallest absolute Gasteiger partial charge is 0.303 e. The van der Waals surface area contributed by atoms with Gasteiger partial charge in [0.2, 0.25) is 6.10 Å². The summed E-state index contributed by atoms with van der Waals surface area (Å²) < 4.78 is 31.3. The molecule has 1 heterocycles. The molecule has 160 valence electrons. The van der Waals surface area contributed by atoms with Crippen LogP contribution >= 0.6 is 0 Å². The summed E-state index contributed by atoms with van der Waals surface area (Å²) in [5, 5.41) is 2.62. The fourth-order valence-electron chi connectivity index (χ4n) is 2.78. The summed E-state index contributed by atoms with van der Waals surface area (Å²) in [4.78, 5) is 46.5. The highest BCUT2D eigenvalue weighted by Gasteiger charge is 2.48. The molecule has 1 amide bonds. The third kappa shape index (κ3) is 6.73. The van der Waals surface area contributed by atoms with Crippen LogP contribution in [0.2, 0.25) is 0 Å². The van der Waals surface area contributed by atoms with Gasteiger partial charge in [0.25, 0.3) is 5.91 Å². The van der Waals surface area contributed by atoms with Crippen molar-refractivity contribution in [2.24, 2.45) is 0 Å². The molecular formula is C17H27NO10. The van der Waals surface area contributed by atoms with Crippen molar-refractivity contribution in [1.82, 2.24) is 5.32 Å². The van der Waals surface area contributed by atoms with Crippen LogP contribution in [0, 0.1) is 0 Å². The molecule has 11 heteroatoms. The number of ether oxygens (including phenoxy) is 6. The lowest BCUT2D eigenvalue weighted by Gasteiger charge is -2.44. The van der Waals surface area contributed by atoms with Crippen LogP contribution in [-0.4, -0.2) is 81.4 Å². The molecule has 11 nitrogen and oxygen atoms in total.